The van der Waals surface area contributed by atoms with Gasteiger partial charge in [-0.2, -0.15) is 0 Å². The number of nitrogens with one attached hydrogen (secondary N) is 1. The first-order chi connectivity index (χ1) is 14.5. The van der Waals surface area contributed by atoms with E-state index in [0.29, 0.717) is 32.5 Å². The topological polar surface area (TPSA) is 69.7 Å². The number of hydrogen-bond acceptors (Lipinski definition) is 3. The first-order valence-corrected chi connectivity index (χ1v) is 10.5. The normalized spacial score (nSPS) is 18.9. The highest BCUT2D eigenvalue weighted by atomic mass is 16.2. The van der Waals surface area contributed by atoms with Crippen molar-refractivity contribution < 1.29 is 14.4 Å². The number of rotatable bonds is 6. The number of carbonyl (C=O) groups excluding carboxylic acids is 3. The third kappa shape index (κ3) is 4.37. The van der Waals surface area contributed by atoms with Crippen LogP contribution in [0.2, 0.25) is 0 Å². The van der Waals surface area contributed by atoms with Gasteiger partial charge in [0.15, 0.2) is 0 Å². The van der Waals surface area contributed by atoms with E-state index in [1.807, 2.05) is 60.4 Å². The number of amides is 3. The van der Waals surface area contributed by atoms with E-state index in [2.05, 4.69) is 5.32 Å². The zero-order valence-electron chi connectivity index (χ0n) is 17.3. The SMILES string of the molecule is Cc1ccc(N2CCC(C(=O)NCc3cccc(CN4CCCC4=O)c3)C2=O)cc1. The molecular formula is C24H27N3O3. The molecule has 1 unspecified atom stereocenters. The van der Waals surface area contributed by atoms with Crippen molar-refractivity contribution in [2.75, 3.05) is 18.0 Å². The van der Waals surface area contributed by atoms with E-state index in [9.17, 15) is 14.4 Å². The van der Waals surface area contributed by atoms with Crippen molar-refractivity contribution in [1.82, 2.24) is 10.2 Å². The standard InChI is InChI=1S/C24H27N3O3/c1-17-7-9-20(10-8-17)27-13-11-21(24(27)30)23(29)25-15-18-4-2-5-19(14-18)16-26-12-3-6-22(26)28/h2,4-5,7-10,14,21H,3,6,11-13,15-16H2,1H3,(H,25,29). The second-order valence-electron chi connectivity index (χ2n) is 8.12. The second kappa shape index (κ2) is 8.69. The van der Waals surface area contributed by atoms with Gasteiger partial charge in [0.05, 0.1) is 0 Å². The molecule has 0 radical (unpaired) electrons. The molecule has 30 heavy (non-hydrogen) atoms. The van der Waals surface area contributed by atoms with E-state index in [-0.39, 0.29) is 17.7 Å². The Balaban J connectivity index is 1.33. The molecule has 4 rings (SSSR count). The van der Waals surface area contributed by atoms with Gasteiger partial charge in [0.25, 0.3) is 0 Å². The van der Waals surface area contributed by atoms with Gasteiger partial charge in [0.2, 0.25) is 17.7 Å². The van der Waals surface area contributed by atoms with Crippen molar-refractivity contribution in [2.24, 2.45) is 5.92 Å². The number of likely N-dealkylation sites (tertiary alicyclic amines) is 1. The summed E-state index contributed by atoms with van der Waals surface area (Å²) in [5, 5.41) is 2.92. The van der Waals surface area contributed by atoms with Crippen LogP contribution in [0.1, 0.15) is 36.0 Å². The summed E-state index contributed by atoms with van der Waals surface area (Å²) in [5.74, 6) is -0.810. The van der Waals surface area contributed by atoms with Gasteiger partial charge in [0, 0.05) is 38.3 Å². The highest BCUT2D eigenvalue weighted by molar-refractivity contribution is 6.09. The summed E-state index contributed by atoms with van der Waals surface area (Å²) in [4.78, 5) is 40.8. The number of carbonyl (C=O) groups is 3. The van der Waals surface area contributed by atoms with E-state index < -0.39 is 5.92 Å². The number of anilines is 1. The summed E-state index contributed by atoms with van der Waals surface area (Å²) >= 11 is 0. The van der Waals surface area contributed by atoms with Crippen molar-refractivity contribution in [3.63, 3.8) is 0 Å². The summed E-state index contributed by atoms with van der Waals surface area (Å²) in [5.41, 5.74) is 3.99. The molecule has 2 aromatic carbocycles. The Morgan fingerprint density at radius 1 is 1.07 bits per heavy atom. The first kappa shape index (κ1) is 20.1. The summed E-state index contributed by atoms with van der Waals surface area (Å²) in [7, 11) is 0. The summed E-state index contributed by atoms with van der Waals surface area (Å²) in [6.07, 6.45) is 2.07. The van der Waals surface area contributed by atoms with Gasteiger partial charge in [-0.05, 0) is 43.0 Å². The van der Waals surface area contributed by atoms with Gasteiger partial charge in [-0.15, -0.1) is 0 Å². The fourth-order valence-corrected chi connectivity index (χ4v) is 4.15. The van der Waals surface area contributed by atoms with Crippen LogP contribution in [0.3, 0.4) is 0 Å². The van der Waals surface area contributed by atoms with Crippen LogP contribution in [-0.4, -0.2) is 35.7 Å². The maximum absolute atomic E-state index is 12.7. The predicted molar refractivity (Wildman–Crippen MR) is 115 cm³/mol. The molecule has 2 heterocycles. The molecule has 0 spiro atoms. The molecule has 2 aliphatic rings. The van der Waals surface area contributed by atoms with Crippen molar-refractivity contribution >= 4 is 23.4 Å². The Hall–Kier alpha value is -3.15. The molecule has 2 aromatic rings. The number of aryl methyl sites for hydroxylation is 1. The molecule has 0 bridgehead atoms. The molecule has 0 aromatic heterocycles. The first-order valence-electron chi connectivity index (χ1n) is 10.5. The second-order valence-corrected chi connectivity index (χ2v) is 8.12. The molecule has 2 aliphatic heterocycles. The van der Waals surface area contributed by atoms with Crippen LogP contribution >= 0.6 is 0 Å². The highest BCUT2D eigenvalue weighted by Gasteiger charge is 2.37. The van der Waals surface area contributed by atoms with Crippen molar-refractivity contribution in [1.29, 1.82) is 0 Å². The van der Waals surface area contributed by atoms with Crippen molar-refractivity contribution in [2.45, 2.75) is 39.3 Å². The third-order valence-electron chi connectivity index (χ3n) is 5.87. The number of benzene rings is 2. The lowest BCUT2D eigenvalue weighted by molar-refractivity contribution is -0.132. The molecular weight excluding hydrogens is 378 g/mol. The Labute approximate surface area is 176 Å². The molecule has 2 fully saturated rings. The molecule has 156 valence electrons. The van der Waals surface area contributed by atoms with E-state index in [1.54, 1.807) is 4.90 Å². The Morgan fingerprint density at radius 3 is 2.57 bits per heavy atom. The monoisotopic (exact) mass is 405 g/mol. The van der Waals surface area contributed by atoms with Gasteiger partial charge in [-0.3, -0.25) is 14.4 Å². The fraction of sp³-hybridized carbons (Fsp3) is 0.375. The van der Waals surface area contributed by atoms with E-state index in [4.69, 9.17) is 0 Å². The van der Waals surface area contributed by atoms with Gasteiger partial charge < -0.3 is 15.1 Å². The maximum atomic E-state index is 12.7. The van der Waals surface area contributed by atoms with Gasteiger partial charge in [-0.25, -0.2) is 0 Å². The molecule has 1 N–H and O–H groups in total. The Bertz CT molecular complexity index is 954. The minimum atomic E-state index is -0.642. The van der Waals surface area contributed by atoms with E-state index in [1.165, 1.54) is 0 Å². The largest absolute Gasteiger partial charge is 0.351 e. The van der Waals surface area contributed by atoms with Crippen LogP contribution in [-0.2, 0) is 27.5 Å². The quantitative estimate of drug-likeness (QED) is 0.752. The minimum Gasteiger partial charge on any atom is -0.351 e. The Morgan fingerprint density at radius 2 is 1.83 bits per heavy atom. The maximum Gasteiger partial charge on any atom is 0.239 e. The fourth-order valence-electron chi connectivity index (χ4n) is 4.15. The predicted octanol–water partition coefficient (Wildman–Crippen LogP) is 2.79. The molecule has 0 saturated carbocycles. The summed E-state index contributed by atoms with van der Waals surface area (Å²) < 4.78 is 0. The van der Waals surface area contributed by atoms with Gasteiger partial charge >= 0.3 is 0 Å². The highest BCUT2D eigenvalue weighted by Crippen LogP contribution is 2.25. The van der Waals surface area contributed by atoms with Gasteiger partial charge in [0.1, 0.15) is 5.92 Å². The van der Waals surface area contributed by atoms with Crippen LogP contribution in [0.4, 0.5) is 5.69 Å². The van der Waals surface area contributed by atoms with Crippen LogP contribution in [0.15, 0.2) is 48.5 Å². The lowest BCUT2D eigenvalue weighted by atomic mass is 10.1. The molecule has 2 saturated heterocycles. The molecule has 3 amide bonds. The Kier molecular flexibility index (Phi) is 5.84. The van der Waals surface area contributed by atoms with Crippen LogP contribution in [0, 0.1) is 12.8 Å². The van der Waals surface area contributed by atoms with Crippen molar-refractivity contribution in [3.05, 3.63) is 65.2 Å². The zero-order chi connectivity index (χ0) is 21.1. The molecule has 6 nitrogen and oxygen atoms in total. The zero-order valence-corrected chi connectivity index (χ0v) is 17.3. The molecule has 6 heteroatoms. The van der Waals surface area contributed by atoms with Crippen molar-refractivity contribution in [3.8, 4) is 0 Å². The summed E-state index contributed by atoms with van der Waals surface area (Å²) in [6.45, 7) is 4.34. The van der Waals surface area contributed by atoms with E-state index in [0.717, 1.165) is 35.3 Å². The van der Waals surface area contributed by atoms with E-state index >= 15 is 0 Å². The molecule has 1 atom stereocenters. The third-order valence-corrected chi connectivity index (χ3v) is 5.87. The lowest BCUT2D eigenvalue weighted by Gasteiger charge is -2.17. The average molecular weight is 405 g/mol. The number of nitrogens with zero attached hydrogens (tertiary/aromatic N) is 2. The van der Waals surface area contributed by atoms with Gasteiger partial charge in [-0.1, -0.05) is 42.0 Å². The van der Waals surface area contributed by atoms with Crippen LogP contribution < -0.4 is 10.2 Å². The average Bonchev–Trinajstić information content (AvgIpc) is 3.33. The van der Waals surface area contributed by atoms with Crippen LogP contribution in [0.25, 0.3) is 0 Å². The molecule has 0 aliphatic carbocycles. The minimum absolute atomic E-state index is 0.141. The summed E-state index contributed by atoms with van der Waals surface area (Å²) in [6, 6.07) is 15.7. The number of hydrogen-bond donors (Lipinski definition) is 1. The smallest absolute Gasteiger partial charge is 0.239 e. The van der Waals surface area contributed by atoms with Crippen LogP contribution in [0.5, 0.6) is 0 Å². The lowest BCUT2D eigenvalue weighted by Crippen LogP contribution is -2.36.